The summed E-state index contributed by atoms with van der Waals surface area (Å²) in [6.07, 6.45) is 4.53. The fraction of sp³-hybridized carbons (Fsp3) is 0.818. The van der Waals surface area contributed by atoms with Crippen LogP contribution in [0.4, 0.5) is 0 Å². The Kier molecular flexibility index (Phi) is 3.21. The van der Waals surface area contributed by atoms with E-state index in [9.17, 15) is 0 Å². The van der Waals surface area contributed by atoms with E-state index in [1.807, 2.05) is 0 Å². The first kappa shape index (κ1) is 10.1. The predicted octanol–water partition coefficient (Wildman–Crippen LogP) is 0.627. The molecule has 2 rings (SSSR count). The zero-order chi connectivity index (χ0) is 9.86. The summed E-state index contributed by atoms with van der Waals surface area (Å²) in [5, 5.41) is 3.41. The minimum Gasteiger partial charge on any atom is -0.379 e. The Morgan fingerprint density at radius 1 is 1.21 bits per heavy atom. The van der Waals surface area contributed by atoms with Crippen LogP contribution >= 0.6 is 0 Å². The Labute approximate surface area is 86.1 Å². The Morgan fingerprint density at radius 3 is 2.43 bits per heavy atom. The lowest BCUT2D eigenvalue weighted by molar-refractivity contribution is -0.0153. The first-order valence-corrected chi connectivity index (χ1v) is 5.54. The number of hydrogen-bond acceptors (Lipinski definition) is 3. The predicted molar refractivity (Wildman–Crippen MR) is 57.4 cm³/mol. The summed E-state index contributed by atoms with van der Waals surface area (Å²) >= 11 is 0. The van der Waals surface area contributed by atoms with Crippen molar-refractivity contribution in [3.8, 4) is 0 Å². The highest BCUT2D eigenvalue weighted by Crippen LogP contribution is 2.28. The number of nitrogens with one attached hydrogen (secondary N) is 1. The number of rotatable bonds is 2. The number of hydrogen-bond donors (Lipinski definition) is 1. The van der Waals surface area contributed by atoms with Gasteiger partial charge in [-0.2, -0.15) is 0 Å². The minimum atomic E-state index is 0.245. The molecule has 3 heteroatoms. The first-order chi connectivity index (χ1) is 6.87. The molecule has 0 unspecified atom stereocenters. The zero-order valence-electron chi connectivity index (χ0n) is 8.80. The molecule has 0 spiro atoms. The molecule has 3 nitrogen and oxygen atoms in total. The molecule has 0 atom stereocenters. The van der Waals surface area contributed by atoms with E-state index < -0.39 is 0 Å². The second-order valence-corrected chi connectivity index (χ2v) is 4.16. The SMILES string of the molecule is C=CC1(N2CCOCC2)CCNCC1. The quantitative estimate of drug-likeness (QED) is 0.656. The van der Waals surface area contributed by atoms with Crippen LogP contribution in [0.15, 0.2) is 12.7 Å². The minimum absolute atomic E-state index is 0.245. The van der Waals surface area contributed by atoms with Crippen LogP contribution < -0.4 is 5.32 Å². The summed E-state index contributed by atoms with van der Waals surface area (Å²) in [7, 11) is 0. The van der Waals surface area contributed by atoms with E-state index in [0.29, 0.717) is 0 Å². The van der Waals surface area contributed by atoms with Crippen LogP contribution in [0.2, 0.25) is 0 Å². The molecule has 2 fully saturated rings. The van der Waals surface area contributed by atoms with Gasteiger partial charge in [0.15, 0.2) is 0 Å². The molecular weight excluding hydrogens is 176 g/mol. The van der Waals surface area contributed by atoms with E-state index in [1.54, 1.807) is 0 Å². The van der Waals surface area contributed by atoms with E-state index in [1.165, 1.54) is 12.8 Å². The van der Waals surface area contributed by atoms with Crippen molar-refractivity contribution in [2.75, 3.05) is 39.4 Å². The van der Waals surface area contributed by atoms with Crippen LogP contribution in [-0.2, 0) is 4.74 Å². The molecule has 2 saturated heterocycles. The van der Waals surface area contributed by atoms with Crippen LogP contribution in [0.5, 0.6) is 0 Å². The third-order valence-electron chi connectivity index (χ3n) is 3.49. The average Bonchev–Trinajstić information content (AvgIpc) is 2.31. The van der Waals surface area contributed by atoms with Gasteiger partial charge < -0.3 is 10.1 Å². The molecule has 2 heterocycles. The maximum atomic E-state index is 5.39. The summed E-state index contributed by atoms with van der Waals surface area (Å²) in [5.41, 5.74) is 0.245. The lowest BCUT2D eigenvalue weighted by Gasteiger charge is -2.46. The van der Waals surface area contributed by atoms with Crippen molar-refractivity contribution >= 4 is 0 Å². The fourth-order valence-corrected chi connectivity index (χ4v) is 2.52. The molecule has 0 aromatic heterocycles. The second-order valence-electron chi connectivity index (χ2n) is 4.16. The Balaban J connectivity index is 2.04. The summed E-state index contributed by atoms with van der Waals surface area (Å²) in [6.45, 7) is 10.1. The molecule has 2 aliphatic heterocycles. The highest BCUT2D eigenvalue weighted by atomic mass is 16.5. The van der Waals surface area contributed by atoms with Crippen molar-refractivity contribution in [2.24, 2.45) is 0 Å². The number of nitrogens with zero attached hydrogens (tertiary/aromatic N) is 1. The highest BCUT2D eigenvalue weighted by Gasteiger charge is 2.35. The maximum absolute atomic E-state index is 5.39. The molecule has 1 N–H and O–H groups in total. The lowest BCUT2D eigenvalue weighted by atomic mass is 9.86. The molecule has 0 aromatic rings. The molecule has 0 amide bonds. The van der Waals surface area contributed by atoms with Gasteiger partial charge in [-0.15, -0.1) is 6.58 Å². The monoisotopic (exact) mass is 196 g/mol. The molecule has 0 aliphatic carbocycles. The van der Waals surface area contributed by atoms with Gasteiger partial charge >= 0.3 is 0 Å². The molecule has 0 saturated carbocycles. The van der Waals surface area contributed by atoms with Crippen molar-refractivity contribution < 1.29 is 4.74 Å². The van der Waals surface area contributed by atoms with Gasteiger partial charge in [0.05, 0.1) is 13.2 Å². The Hall–Kier alpha value is -0.380. The summed E-state index contributed by atoms with van der Waals surface area (Å²) in [5.74, 6) is 0. The lowest BCUT2D eigenvalue weighted by Crippen LogP contribution is -2.56. The van der Waals surface area contributed by atoms with Gasteiger partial charge in [0.25, 0.3) is 0 Å². The summed E-state index contributed by atoms with van der Waals surface area (Å²) in [4.78, 5) is 2.55. The molecular formula is C11H20N2O. The smallest absolute Gasteiger partial charge is 0.0594 e. The normalized spacial score (nSPS) is 28.6. The second kappa shape index (κ2) is 4.43. The van der Waals surface area contributed by atoms with Crippen molar-refractivity contribution in [1.82, 2.24) is 10.2 Å². The van der Waals surface area contributed by atoms with E-state index in [4.69, 9.17) is 4.74 Å². The Bertz CT molecular complexity index is 193. The molecule has 0 radical (unpaired) electrons. The Morgan fingerprint density at radius 2 is 1.86 bits per heavy atom. The van der Waals surface area contributed by atoms with Crippen LogP contribution in [-0.4, -0.2) is 49.8 Å². The fourth-order valence-electron chi connectivity index (χ4n) is 2.52. The van der Waals surface area contributed by atoms with E-state index in [0.717, 1.165) is 39.4 Å². The van der Waals surface area contributed by atoms with Crippen molar-refractivity contribution in [3.05, 3.63) is 12.7 Å². The van der Waals surface area contributed by atoms with E-state index in [-0.39, 0.29) is 5.54 Å². The van der Waals surface area contributed by atoms with Gasteiger partial charge in [-0.25, -0.2) is 0 Å². The largest absolute Gasteiger partial charge is 0.379 e. The van der Waals surface area contributed by atoms with Crippen molar-refractivity contribution in [3.63, 3.8) is 0 Å². The van der Waals surface area contributed by atoms with Gasteiger partial charge in [-0.3, -0.25) is 4.90 Å². The summed E-state index contributed by atoms with van der Waals surface area (Å²) < 4.78 is 5.39. The van der Waals surface area contributed by atoms with Gasteiger partial charge in [-0.05, 0) is 25.9 Å². The van der Waals surface area contributed by atoms with E-state index in [2.05, 4.69) is 22.9 Å². The third kappa shape index (κ3) is 1.85. The molecule has 14 heavy (non-hydrogen) atoms. The molecule has 2 aliphatic rings. The molecule has 80 valence electrons. The highest BCUT2D eigenvalue weighted by molar-refractivity contribution is 5.07. The first-order valence-electron chi connectivity index (χ1n) is 5.54. The number of morpholine rings is 1. The van der Waals surface area contributed by atoms with Gasteiger partial charge in [-0.1, -0.05) is 6.08 Å². The maximum Gasteiger partial charge on any atom is 0.0594 e. The number of piperidine rings is 1. The number of ether oxygens (including phenoxy) is 1. The van der Waals surface area contributed by atoms with Crippen LogP contribution in [0, 0.1) is 0 Å². The standard InChI is InChI=1S/C11H20N2O/c1-2-11(3-5-12-6-4-11)13-7-9-14-10-8-13/h2,12H,1,3-10H2. The van der Waals surface area contributed by atoms with Crippen molar-refractivity contribution in [1.29, 1.82) is 0 Å². The van der Waals surface area contributed by atoms with Crippen molar-refractivity contribution in [2.45, 2.75) is 18.4 Å². The van der Waals surface area contributed by atoms with E-state index >= 15 is 0 Å². The molecule has 0 bridgehead atoms. The summed E-state index contributed by atoms with van der Waals surface area (Å²) in [6, 6.07) is 0. The average molecular weight is 196 g/mol. The third-order valence-corrected chi connectivity index (χ3v) is 3.49. The van der Waals surface area contributed by atoms with Gasteiger partial charge in [0.1, 0.15) is 0 Å². The zero-order valence-corrected chi connectivity index (χ0v) is 8.80. The van der Waals surface area contributed by atoms with Crippen LogP contribution in [0.1, 0.15) is 12.8 Å². The van der Waals surface area contributed by atoms with Gasteiger partial charge in [0, 0.05) is 18.6 Å². The van der Waals surface area contributed by atoms with Crippen LogP contribution in [0.3, 0.4) is 0 Å². The van der Waals surface area contributed by atoms with Crippen LogP contribution in [0.25, 0.3) is 0 Å². The van der Waals surface area contributed by atoms with Gasteiger partial charge in [0.2, 0.25) is 0 Å². The topological polar surface area (TPSA) is 24.5 Å². The molecule has 0 aromatic carbocycles.